The molecule has 0 radical (unpaired) electrons. The summed E-state index contributed by atoms with van der Waals surface area (Å²) in [6.07, 6.45) is -3.69. The number of allylic oxidation sites excluding steroid dienone is 1. The van der Waals surface area contributed by atoms with Gasteiger partial charge in [-0.1, -0.05) is 23.8 Å². The van der Waals surface area contributed by atoms with E-state index in [1.807, 2.05) is 25.1 Å². The standard InChI is InChI=1S/C15H17NO/c1-9-5-6-10-8-14-11(13(10)7-9)3-2-4-12(14)15(16)17/h5-7,12H,2-4,8H2,1H3,(H2,16,17)/i3D2,4D2. The number of hydrogen-bond acceptors (Lipinski definition) is 1. The van der Waals surface area contributed by atoms with Crippen molar-refractivity contribution in [3.8, 4) is 0 Å². The van der Waals surface area contributed by atoms with Gasteiger partial charge in [0.2, 0.25) is 5.91 Å². The molecule has 17 heavy (non-hydrogen) atoms. The largest absolute Gasteiger partial charge is 0.369 e. The van der Waals surface area contributed by atoms with Crippen molar-refractivity contribution in [1.82, 2.24) is 0 Å². The molecule has 3 rings (SSSR count). The molecular weight excluding hydrogens is 210 g/mol. The van der Waals surface area contributed by atoms with Crippen LogP contribution in [0.3, 0.4) is 0 Å². The molecular formula is C15H17NO. The van der Waals surface area contributed by atoms with E-state index in [9.17, 15) is 4.79 Å². The minimum absolute atomic E-state index is 0.347. The highest BCUT2D eigenvalue weighted by molar-refractivity contribution is 5.87. The quantitative estimate of drug-likeness (QED) is 0.793. The highest BCUT2D eigenvalue weighted by atomic mass is 16.1. The summed E-state index contributed by atoms with van der Waals surface area (Å²) in [6, 6.07) is 5.78. The molecule has 1 aromatic rings. The minimum Gasteiger partial charge on any atom is -0.369 e. The summed E-state index contributed by atoms with van der Waals surface area (Å²) in [5.41, 5.74) is 9.17. The van der Waals surface area contributed by atoms with Crippen LogP contribution >= 0.6 is 0 Å². The number of fused-ring (bicyclic) bond motifs is 2. The van der Waals surface area contributed by atoms with Crippen molar-refractivity contribution in [3.05, 3.63) is 40.5 Å². The molecule has 0 heterocycles. The van der Waals surface area contributed by atoms with Crippen molar-refractivity contribution in [2.75, 3.05) is 0 Å². The Morgan fingerprint density at radius 3 is 3.12 bits per heavy atom. The van der Waals surface area contributed by atoms with Gasteiger partial charge in [0, 0.05) is 5.48 Å². The molecule has 2 aliphatic rings. The summed E-state index contributed by atoms with van der Waals surface area (Å²) in [4.78, 5) is 11.8. The van der Waals surface area contributed by atoms with Crippen molar-refractivity contribution < 1.29 is 10.3 Å². The lowest BCUT2D eigenvalue weighted by molar-refractivity contribution is -0.121. The van der Waals surface area contributed by atoms with Gasteiger partial charge >= 0.3 is 0 Å². The molecule has 1 aromatic carbocycles. The van der Waals surface area contributed by atoms with Crippen LogP contribution in [0.1, 0.15) is 41.3 Å². The zero-order valence-corrected chi connectivity index (χ0v) is 9.71. The Morgan fingerprint density at radius 1 is 1.53 bits per heavy atom. The molecule has 2 heteroatoms. The van der Waals surface area contributed by atoms with Crippen LogP contribution < -0.4 is 5.73 Å². The Bertz CT molecular complexity index is 678. The number of primary amides is 1. The van der Waals surface area contributed by atoms with Crippen LogP contribution in [0.15, 0.2) is 23.8 Å². The van der Waals surface area contributed by atoms with Crippen LogP contribution in [0.4, 0.5) is 0 Å². The third kappa shape index (κ3) is 1.59. The van der Waals surface area contributed by atoms with Gasteiger partial charge < -0.3 is 5.73 Å². The second-order valence-electron chi connectivity index (χ2n) is 4.63. The second kappa shape index (κ2) is 3.73. The number of amides is 1. The molecule has 0 spiro atoms. The van der Waals surface area contributed by atoms with E-state index < -0.39 is 24.6 Å². The molecule has 1 unspecified atom stereocenters. The zero-order chi connectivity index (χ0) is 15.6. The third-order valence-corrected chi connectivity index (χ3v) is 3.44. The van der Waals surface area contributed by atoms with Crippen molar-refractivity contribution in [2.24, 2.45) is 11.7 Å². The maximum atomic E-state index is 11.8. The van der Waals surface area contributed by atoms with Gasteiger partial charge in [-0.25, -0.2) is 0 Å². The lowest BCUT2D eigenvalue weighted by Crippen LogP contribution is -2.27. The Morgan fingerprint density at radius 2 is 2.35 bits per heavy atom. The summed E-state index contributed by atoms with van der Waals surface area (Å²) < 4.78 is 32.6. The third-order valence-electron chi connectivity index (χ3n) is 3.44. The first-order chi connectivity index (χ1) is 9.63. The van der Waals surface area contributed by atoms with E-state index in [1.54, 1.807) is 0 Å². The smallest absolute Gasteiger partial charge is 0.224 e. The molecule has 0 aromatic heterocycles. The number of aryl methyl sites for hydroxylation is 1. The zero-order valence-electron chi connectivity index (χ0n) is 13.7. The Balaban J connectivity index is 2.25. The van der Waals surface area contributed by atoms with Gasteiger partial charge in [-0.15, -0.1) is 0 Å². The van der Waals surface area contributed by atoms with Gasteiger partial charge in [-0.2, -0.15) is 0 Å². The summed E-state index contributed by atoms with van der Waals surface area (Å²) in [7, 11) is 0. The van der Waals surface area contributed by atoms with Crippen LogP contribution in [-0.2, 0) is 11.2 Å². The van der Waals surface area contributed by atoms with Crippen molar-refractivity contribution in [2.45, 2.75) is 32.5 Å². The fourth-order valence-corrected chi connectivity index (χ4v) is 2.64. The summed E-state index contributed by atoms with van der Waals surface area (Å²) >= 11 is 0. The molecule has 88 valence electrons. The summed E-state index contributed by atoms with van der Waals surface area (Å²) in [5.74, 6) is -1.77. The monoisotopic (exact) mass is 231 g/mol. The molecule has 1 amide bonds. The lowest BCUT2D eigenvalue weighted by atomic mass is 9.82. The van der Waals surface area contributed by atoms with E-state index in [0.29, 0.717) is 17.6 Å². The number of rotatable bonds is 1. The maximum absolute atomic E-state index is 11.8. The van der Waals surface area contributed by atoms with E-state index in [-0.39, 0.29) is 6.42 Å². The number of hydrogen-bond donors (Lipinski definition) is 1. The van der Waals surface area contributed by atoms with E-state index >= 15 is 0 Å². The summed E-state index contributed by atoms with van der Waals surface area (Å²) in [5, 5.41) is 0. The molecule has 1 atom stereocenters. The molecule has 2 nitrogen and oxygen atoms in total. The molecule has 2 N–H and O–H groups in total. The van der Waals surface area contributed by atoms with E-state index in [1.165, 1.54) is 0 Å². The fraction of sp³-hybridized carbons (Fsp3) is 0.400. The Labute approximate surface area is 107 Å². The van der Waals surface area contributed by atoms with Crippen LogP contribution in [0, 0.1) is 12.8 Å². The predicted molar refractivity (Wildman–Crippen MR) is 68.3 cm³/mol. The number of benzene rings is 1. The first-order valence-corrected chi connectivity index (χ1v) is 5.76. The normalized spacial score (nSPS) is 31.7. The number of nitrogens with two attached hydrogens (primary N) is 1. The molecule has 0 aliphatic heterocycles. The predicted octanol–water partition coefficient (Wildman–Crippen LogP) is 2.59. The van der Waals surface area contributed by atoms with Crippen LogP contribution in [0.5, 0.6) is 0 Å². The first kappa shape index (κ1) is 7.00. The van der Waals surface area contributed by atoms with Gasteiger partial charge in [0.15, 0.2) is 0 Å². The average molecular weight is 231 g/mol. The van der Waals surface area contributed by atoms with Gasteiger partial charge in [0.05, 0.1) is 5.92 Å². The minimum atomic E-state index is -1.95. The number of carbonyl (C=O) groups excluding carboxylic acids is 1. The van der Waals surface area contributed by atoms with Gasteiger partial charge in [0.25, 0.3) is 0 Å². The topological polar surface area (TPSA) is 43.1 Å². The van der Waals surface area contributed by atoms with Gasteiger partial charge in [-0.05, 0) is 54.8 Å². The first-order valence-electron chi connectivity index (χ1n) is 7.76. The van der Waals surface area contributed by atoms with Crippen molar-refractivity contribution in [3.63, 3.8) is 0 Å². The Kier molecular flexibility index (Phi) is 1.53. The van der Waals surface area contributed by atoms with Crippen LogP contribution in [-0.4, -0.2) is 5.91 Å². The lowest BCUT2D eigenvalue weighted by Gasteiger charge is -2.22. The second-order valence-corrected chi connectivity index (χ2v) is 4.63. The Hall–Kier alpha value is -1.57. The molecule has 0 bridgehead atoms. The molecule has 0 saturated heterocycles. The van der Waals surface area contributed by atoms with Crippen LogP contribution in [0.25, 0.3) is 5.57 Å². The SMILES string of the molecule is [2H]C1([2H])CC([2H])([2H])C(C(N)=O)C2=C1c1cc(C)ccc1C2. The summed E-state index contributed by atoms with van der Waals surface area (Å²) in [6.45, 7) is 1.93. The van der Waals surface area contributed by atoms with Crippen LogP contribution in [0.2, 0.25) is 0 Å². The fourth-order valence-electron chi connectivity index (χ4n) is 2.64. The van der Waals surface area contributed by atoms with E-state index in [0.717, 1.165) is 16.7 Å². The van der Waals surface area contributed by atoms with Crippen molar-refractivity contribution in [1.29, 1.82) is 0 Å². The molecule has 0 saturated carbocycles. The number of carbonyl (C=O) groups is 1. The van der Waals surface area contributed by atoms with Gasteiger partial charge in [-0.3, -0.25) is 4.79 Å². The maximum Gasteiger partial charge on any atom is 0.224 e. The average Bonchev–Trinajstić information content (AvgIpc) is 2.64. The highest BCUT2D eigenvalue weighted by Crippen LogP contribution is 2.44. The van der Waals surface area contributed by atoms with E-state index in [2.05, 4.69) is 0 Å². The van der Waals surface area contributed by atoms with Gasteiger partial charge in [0.1, 0.15) is 0 Å². The van der Waals surface area contributed by atoms with Crippen molar-refractivity contribution >= 4 is 11.5 Å². The van der Waals surface area contributed by atoms with E-state index in [4.69, 9.17) is 11.2 Å². The molecule has 0 fully saturated rings. The highest BCUT2D eigenvalue weighted by Gasteiger charge is 2.32. The molecule has 2 aliphatic carbocycles.